The van der Waals surface area contributed by atoms with Gasteiger partial charge in [-0.3, -0.25) is 9.80 Å². The van der Waals surface area contributed by atoms with E-state index in [-0.39, 0.29) is 11.9 Å². The van der Waals surface area contributed by atoms with E-state index in [9.17, 15) is 9.59 Å². The Morgan fingerprint density at radius 2 is 0.536 bits per heavy atom. The maximum Gasteiger partial charge on any atom is 0.339 e. The van der Waals surface area contributed by atoms with Gasteiger partial charge in [0.2, 0.25) is 0 Å². The van der Waals surface area contributed by atoms with Crippen LogP contribution in [0.25, 0.3) is 0 Å². The number of hydrogen-bond donors (Lipinski definition) is 0. The van der Waals surface area contributed by atoms with E-state index in [1.165, 1.54) is 180 Å². The standard InChI is InChI=1S/C50H92N2O4/c1-5-9-13-17-21-25-29-33-41-51(42-34-30-26-22-18-14-10-6-2)45-55-49(53)47-37-39-48(40-38-47)50(54)56-46-52(43-35-31-27-23-19-15-11-7-3)44-36-32-28-24-20-16-12-8-4/h37-40H,5-36,41-46H2,1-4H3. The van der Waals surface area contributed by atoms with Crippen molar-refractivity contribution in [2.45, 2.75) is 233 Å². The second-order valence-corrected chi connectivity index (χ2v) is 16.8. The molecule has 0 radical (unpaired) electrons. The van der Waals surface area contributed by atoms with E-state index in [4.69, 9.17) is 9.47 Å². The summed E-state index contributed by atoms with van der Waals surface area (Å²) >= 11 is 0. The van der Waals surface area contributed by atoms with Crippen LogP contribution in [0.15, 0.2) is 24.3 Å². The lowest BCUT2D eigenvalue weighted by Gasteiger charge is -2.22. The molecule has 0 fully saturated rings. The zero-order valence-corrected chi connectivity index (χ0v) is 37.7. The third kappa shape index (κ3) is 31.1. The van der Waals surface area contributed by atoms with Crippen LogP contribution in [0.5, 0.6) is 0 Å². The van der Waals surface area contributed by atoms with Crippen molar-refractivity contribution in [1.29, 1.82) is 0 Å². The van der Waals surface area contributed by atoms with E-state index < -0.39 is 0 Å². The molecule has 0 aliphatic rings. The highest BCUT2D eigenvalue weighted by atomic mass is 16.5. The first-order chi connectivity index (χ1) is 27.5. The zero-order valence-electron chi connectivity index (χ0n) is 37.7. The van der Waals surface area contributed by atoms with Crippen LogP contribution in [0.1, 0.15) is 254 Å². The van der Waals surface area contributed by atoms with Gasteiger partial charge in [0.25, 0.3) is 0 Å². The van der Waals surface area contributed by atoms with Gasteiger partial charge in [0, 0.05) is 26.2 Å². The number of nitrogens with zero attached hydrogens (tertiary/aromatic N) is 2. The summed E-state index contributed by atoms with van der Waals surface area (Å²) in [5, 5.41) is 0. The molecule has 0 atom stereocenters. The summed E-state index contributed by atoms with van der Waals surface area (Å²) in [5.41, 5.74) is 0.957. The van der Waals surface area contributed by atoms with Crippen molar-refractivity contribution in [2.24, 2.45) is 0 Å². The van der Waals surface area contributed by atoms with Crippen LogP contribution < -0.4 is 0 Å². The Morgan fingerprint density at radius 3 is 0.750 bits per heavy atom. The summed E-state index contributed by atoms with van der Waals surface area (Å²) < 4.78 is 11.7. The van der Waals surface area contributed by atoms with Gasteiger partial charge < -0.3 is 9.47 Å². The highest BCUT2D eigenvalue weighted by Crippen LogP contribution is 2.15. The smallest absolute Gasteiger partial charge is 0.339 e. The highest BCUT2D eigenvalue weighted by Gasteiger charge is 2.15. The molecule has 0 aliphatic carbocycles. The molecule has 0 spiro atoms. The van der Waals surface area contributed by atoms with Crippen LogP contribution >= 0.6 is 0 Å². The first-order valence-corrected chi connectivity index (χ1v) is 24.4. The molecule has 1 rings (SSSR count). The van der Waals surface area contributed by atoms with Crippen molar-refractivity contribution in [3.8, 4) is 0 Å². The van der Waals surface area contributed by atoms with E-state index in [1.54, 1.807) is 24.3 Å². The van der Waals surface area contributed by atoms with Crippen LogP contribution in [0.4, 0.5) is 0 Å². The molecule has 326 valence electrons. The Hall–Kier alpha value is -1.92. The molecule has 6 heteroatoms. The predicted molar refractivity (Wildman–Crippen MR) is 241 cm³/mol. The Morgan fingerprint density at radius 1 is 0.339 bits per heavy atom. The van der Waals surface area contributed by atoms with Crippen LogP contribution in [-0.4, -0.2) is 61.4 Å². The van der Waals surface area contributed by atoms with Gasteiger partial charge in [0.05, 0.1) is 11.1 Å². The molecule has 0 heterocycles. The molecule has 1 aromatic carbocycles. The first-order valence-electron chi connectivity index (χ1n) is 24.4. The molecule has 0 unspecified atom stereocenters. The van der Waals surface area contributed by atoms with Crippen molar-refractivity contribution < 1.29 is 19.1 Å². The van der Waals surface area contributed by atoms with Gasteiger partial charge in [0.15, 0.2) is 0 Å². The van der Waals surface area contributed by atoms with Gasteiger partial charge in [-0.25, -0.2) is 9.59 Å². The number of benzene rings is 1. The van der Waals surface area contributed by atoms with E-state index in [2.05, 4.69) is 37.5 Å². The molecular weight excluding hydrogens is 693 g/mol. The summed E-state index contributed by atoms with van der Waals surface area (Å²) in [6, 6.07) is 6.83. The minimum atomic E-state index is -0.330. The molecule has 1 aromatic rings. The lowest BCUT2D eigenvalue weighted by Crippen LogP contribution is -2.30. The molecule has 6 nitrogen and oxygen atoms in total. The van der Waals surface area contributed by atoms with Gasteiger partial charge in [-0.2, -0.15) is 0 Å². The number of rotatable bonds is 42. The van der Waals surface area contributed by atoms with Gasteiger partial charge >= 0.3 is 11.9 Å². The van der Waals surface area contributed by atoms with Crippen LogP contribution in [0.2, 0.25) is 0 Å². The van der Waals surface area contributed by atoms with E-state index in [0.29, 0.717) is 24.6 Å². The molecule has 0 saturated carbocycles. The summed E-state index contributed by atoms with van der Waals surface area (Å²) in [6.45, 7) is 13.6. The lowest BCUT2D eigenvalue weighted by molar-refractivity contribution is 0.0195. The fraction of sp³-hybridized carbons (Fsp3) is 0.840. The van der Waals surface area contributed by atoms with Gasteiger partial charge in [-0.1, -0.05) is 207 Å². The highest BCUT2D eigenvalue weighted by molar-refractivity contribution is 5.93. The quantitative estimate of drug-likeness (QED) is 0.0374. The molecule has 56 heavy (non-hydrogen) atoms. The van der Waals surface area contributed by atoms with E-state index in [1.807, 2.05) is 0 Å². The fourth-order valence-corrected chi connectivity index (χ4v) is 7.57. The van der Waals surface area contributed by atoms with Gasteiger partial charge in [-0.15, -0.1) is 0 Å². The molecule has 0 aliphatic heterocycles. The first kappa shape index (κ1) is 52.1. The fourth-order valence-electron chi connectivity index (χ4n) is 7.57. The number of esters is 2. The maximum atomic E-state index is 13.1. The lowest BCUT2D eigenvalue weighted by atomic mass is 10.1. The number of carbonyl (C=O) groups excluding carboxylic acids is 2. The van der Waals surface area contributed by atoms with Crippen molar-refractivity contribution in [1.82, 2.24) is 9.80 Å². The molecule has 0 amide bonds. The number of hydrogen-bond acceptors (Lipinski definition) is 6. The Kier molecular flexibility index (Phi) is 37.1. The van der Waals surface area contributed by atoms with Gasteiger partial charge in [0.1, 0.15) is 13.5 Å². The summed E-state index contributed by atoms with van der Waals surface area (Å²) in [7, 11) is 0. The minimum absolute atomic E-state index is 0.323. The van der Waals surface area contributed by atoms with Crippen molar-refractivity contribution in [3.63, 3.8) is 0 Å². The third-order valence-corrected chi connectivity index (χ3v) is 11.4. The molecule has 0 aromatic heterocycles. The second kappa shape index (κ2) is 39.9. The maximum absolute atomic E-state index is 13.1. The summed E-state index contributed by atoms with van der Waals surface area (Å²) in [6.07, 6.45) is 41.4. The number of carbonyl (C=O) groups is 2. The minimum Gasteiger partial charge on any atom is -0.446 e. The summed E-state index contributed by atoms with van der Waals surface area (Å²) in [4.78, 5) is 30.9. The second-order valence-electron chi connectivity index (χ2n) is 16.8. The Balaban J connectivity index is 2.59. The molecule has 0 N–H and O–H groups in total. The molecule has 0 saturated heterocycles. The van der Waals surface area contributed by atoms with Crippen LogP contribution in [0.3, 0.4) is 0 Å². The van der Waals surface area contributed by atoms with E-state index in [0.717, 1.165) is 51.9 Å². The molecule has 0 bridgehead atoms. The largest absolute Gasteiger partial charge is 0.446 e. The topological polar surface area (TPSA) is 59.1 Å². The summed E-state index contributed by atoms with van der Waals surface area (Å²) in [5.74, 6) is -0.660. The monoisotopic (exact) mass is 785 g/mol. The van der Waals surface area contributed by atoms with Crippen LogP contribution in [-0.2, 0) is 9.47 Å². The number of ether oxygens (including phenoxy) is 2. The SMILES string of the molecule is CCCCCCCCCCN(CCCCCCCCCC)COC(=O)c1ccc(C(=O)OCN(CCCCCCCCCC)CCCCCCCCCC)cc1. The van der Waals surface area contributed by atoms with E-state index >= 15 is 0 Å². The Bertz CT molecular complexity index is 880. The number of unbranched alkanes of at least 4 members (excludes halogenated alkanes) is 28. The van der Waals surface area contributed by atoms with Gasteiger partial charge in [-0.05, 0) is 49.9 Å². The van der Waals surface area contributed by atoms with Crippen molar-refractivity contribution >= 4 is 11.9 Å². The third-order valence-electron chi connectivity index (χ3n) is 11.4. The zero-order chi connectivity index (χ0) is 40.6. The average Bonchev–Trinajstić information content (AvgIpc) is 3.21. The van der Waals surface area contributed by atoms with Crippen molar-refractivity contribution in [2.75, 3.05) is 39.6 Å². The van der Waals surface area contributed by atoms with Crippen LogP contribution in [0, 0.1) is 0 Å². The van der Waals surface area contributed by atoms with Crippen molar-refractivity contribution in [3.05, 3.63) is 35.4 Å². The normalized spacial score (nSPS) is 11.5. The predicted octanol–water partition coefficient (Wildman–Crippen LogP) is 15.1. The molecular formula is C50H92N2O4. The average molecular weight is 785 g/mol. The Labute approximate surface area is 348 Å².